The lowest BCUT2D eigenvalue weighted by Gasteiger charge is -2.21. The van der Waals surface area contributed by atoms with Gasteiger partial charge in [0.05, 0.1) is 18.8 Å². The van der Waals surface area contributed by atoms with E-state index in [1.165, 1.54) is 0 Å². The number of terminal acetylenes is 1. The maximum atomic E-state index is 10.8. The van der Waals surface area contributed by atoms with Crippen molar-refractivity contribution in [1.82, 2.24) is 14.7 Å². The quantitative estimate of drug-likeness (QED) is 0.812. The van der Waals surface area contributed by atoms with Crippen LogP contribution in [0.5, 0.6) is 0 Å². The summed E-state index contributed by atoms with van der Waals surface area (Å²) < 4.78 is 1.75. The van der Waals surface area contributed by atoms with E-state index in [-0.39, 0.29) is 12.0 Å². The van der Waals surface area contributed by atoms with Gasteiger partial charge < -0.3 is 5.11 Å². The highest BCUT2D eigenvalue weighted by Gasteiger charge is 2.23. The minimum Gasteiger partial charge on any atom is -0.480 e. The molecule has 1 heterocycles. The second-order valence-electron chi connectivity index (χ2n) is 5.67. The Labute approximate surface area is 114 Å². The fourth-order valence-electron chi connectivity index (χ4n) is 2.01. The minimum absolute atomic E-state index is 0.0668. The van der Waals surface area contributed by atoms with Gasteiger partial charge in [0.15, 0.2) is 0 Å². The van der Waals surface area contributed by atoms with E-state index < -0.39 is 5.97 Å². The van der Waals surface area contributed by atoms with Crippen molar-refractivity contribution in [3.63, 3.8) is 0 Å². The largest absolute Gasteiger partial charge is 0.480 e. The molecule has 0 unspecified atom stereocenters. The molecular weight excluding hydrogens is 242 g/mol. The third kappa shape index (κ3) is 4.42. The maximum absolute atomic E-state index is 10.8. The van der Waals surface area contributed by atoms with Crippen molar-refractivity contribution in [2.45, 2.75) is 32.7 Å². The van der Waals surface area contributed by atoms with E-state index in [1.807, 2.05) is 13.2 Å². The molecule has 0 saturated carbocycles. The molecule has 104 valence electrons. The van der Waals surface area contributed by atoms with Gasteiger partial charge in [0.25, 0.3) is 0 Å². The number of aryl methyl sites for hydroxylation is 1. The zero-order valence-electron chi connectivity index (χ0n) is 12.0. The molecule has 1 aromatic rings. The number of aromatic nitrogens is 2. The fourth-order valence-corrected chi connectivity index (χ4v) is 2.01. The van der Waals surface area contributed by atoms with Gasteiger partial charge in [0.1, 0.15) is 0 Å². The SMILES string of the molecule is C#CCN(CC(=O)O)Cc1cn(C)nc1C(C)(C)C. The highest BCUT2D eigenvalue weighted by atomic mass is 16.4. The Kier molecular flexibility index (Phi) is 4.73. The first-order valence-electron chi connectivity index (χ1n) is 6.14. The molecule has 1 aromatic heterocycles. The number of carboxylic acid groups (broad SMARTS) is 1. The van der Waals surface area contributed by atoms with E-state index in [4.69, 9.17) is 11.5 Å². The van der Waals surface area contributed by atoms with Gasteiger partial charge >= 0.3 is 5.97 Å². The summed E-state index contributed by atoms with van der Waals surface area (Å²) in [7, 11) is 1.86. The van der Waals surface area contributed by atoms with Gasteiger partial charge in [-0.15, -0.1) is 6.42 Å². The Hall–Kier alpha value is -1.80. The summed E-state index contributed by atoms with van der Waals surface area (Å²) in [5.41, 5.74) is 1.91. The molecule has 1 rings (SSSR count). The molecule has 0 aliphatic carbocycles. The number of hydrogen-bond acceptors (Lipinski definition) is 3. The summed E-state index contributed by atoms with van der Waals surface area (Å²) in [6.07, 6.45) is 7.20. The Morgan fingerprint density at radius 1 is 1.58 bits per heavy atom. The zero-order chi connectivity index (χ0) is 14.6. The Bertz CT molecular complexity index is 492. The van der Waals surface area contributed by atoms with Gasteiger partial charge in [-0.25, -0.2) is 0 Å². The number of carbonyl (C=O) groups is 1. The minimum atomic E-state index is -0.878. The van der Waals surface area contributed by atoms with Crippen LogP contribution in [0, 0.1) is 12.3 Å². The smallest absolute Gasteiger partial charge is 0.317 e. The van der Waals surface area contributed by atoms with Crippen molar-refractivity contribution >= 4 is 5.97 Å². The Morgan fingerprint density at radius 3 is 2.68 bits per heavy atom. The molecular formula is C14H21N3O2. The summed E-state index contributed by atoms with van der Waals surface area (Å²) in [5.74, 6) is 1.62. The van der Waals surface area contributed by atoms with Crippen molar-refractivity contribution < 1.29 is 9.90 Å². The predicted octanol–water partition coefficient (Wildman–Crippen LogP) is 1.24. The van der Waals surface area contributed by atoms with Gasteiger partial charge in [0, 0.05) is 30.8 Å². The second-order valence-corrected chi connectivity index (χ2v) is 5.67. The zero-order valence-corrected chi connectivity index (χ0v) is 12.0. The molecule has 19 heavy (non-hydrogen) atoms. The molecule has 0 amide bonds. The molecule has 0 aliphatic rings. The van der Waals surface area contributed by atoms with Crippen LogP contribution in [-0.2, 0) is 23.8 Å². The summed E-state index contributed by atoms with van der Waals surface area (Å²) in [6.45, 7) is 7.00. The molecule has 0 bridgehead atoms. The van der Waals surface area contributed by atoms with Gasteiger partial charge in [-0.1, -0.05) is 26.7 Å². The lowest BCUT2D eigenvalue weighted by Crippen LogP contribution is -2.30. The summed E-state index contributed by atoms with van der Waals surface area (Å²) in [5, 5.41) is 13.4. The van der Waals surface area contributed by atoms with Crippen LogP contribution in [0.25, 0.3) is 0 Å². The van der Waals surface area contributed by atoms with Crippen LogP contribution in [0.15, 0.2) is 6.20 Å². The van der Waals surface area contributed by atoms with E-state index in [0.29, 0.717) is 13.1 Å². The second kappa shape index (κ2) is 5.89. The van der Waals surface area contributed by atoms with Crippen LogP contribution >= 0.6 is 0 Å². The predicted molar refractivity (Wildman–Crippen MR) is 73.7 cm³/mol. The third-order valence-corrected chi connectivity index (χ3v) is 2.68. The number of hydrogen-bond donors (Lipinski definition) is 1. The number of rotatable bonds is 5. The van der Waals surface area contributed by atoms with Crippen LogP contribution in [0.2, 0.25) is 0 Å². The van der Waals surface area contributed by atoms with Crippen molar-refractivity contribution in [1.29, 1.82) is 0 Å². The van der Waals surface area contributed by atoms with Crippen molar-refractivity contribution in [3.05, 3.63) is 17.5 Å². The topological polar surface area (TPSA) is 58.4 Å². The highest BCUT2D eigenvalue weighted by molar-refractivity contribution is 5.69. The van der Waals surface area contributed by atoms with Gasteiger partial charge in [0.2, 0.25) is 0 Å². The first kappa shape index (κ1) is 15.3. The Morgan fingerprint density at radius 2 is 2.21 bits per heavy atom. The first-order valence-corrected chi connectivity index (χ1v) is 6.14. The van der Waals surface area contributed by atoms with Crippen LogP contribution in [0.4, 0.5) is 0 Å². The maximum Gasteiger partial charge on any atom is 0.317 e. The summed E-state index contributed by atoms with van der Waals surface area (Å²) in [6, 6.07) is 0. The molecule has 0 fully saturated rings. The molecule has 0 spiro atoms. The van der Waals surface area contributed by atoms with E-state index in [9.17, 15) is 4.79 Å². The van der Waals surface area contributed by atoms with Gasteiger partial charge in [-0.2, -0.15) is 5.10 Å². The highest BCUT2D eigenvalue weighted by Crippen LogP contribution is 2.25. The molecule has 5 heteroatoms. The van der Waals surface area contributed by atoms with Crippen LogP contribution in [0.1, 0.15) is 32.0 Å². The van der Waals surface area contributed by atoms with E-state index in [1.54, 1.807) is 9.58 Å². The van der Waals surface area contributed by atoms with E-state index in [2.05, 4.69) is 31.8 Å². The molecule has 0 radical (unpaired) electrons. The van der Waals surface area contributed by atoms with Gasteiger partial charge in [-0.3, -0.25) is 14.4 Å². The fraction of sp³-hybridized carbons (Fsp3) is 0.571. The number of nitrogens with zero attached hydrogens (tertiary/aromatic N) is 3. The molecule has 0 saturated heterocycles. The Balaban J connectivity index is 2.96. The molecule has 5 nitrogen and oxygen atoms in total. The van der Waals surface area contributed by atoms with Crippen LogP contribution in [-0.4, -0.2) is 38.8 Å². The average Bonchev–Trinajstić information content (AvgIpc) is 2.58. The molecule has 1 N–H and O–H groups in total. The first-order chi connectivity index (χ1) is 8.74. The third-order valence-electron chi connectivity index (χ3n) is 2.68. The monoisotopic (exact) mass is 263 g/mol. The average molecular weight is 263 g/mol. The molecule has 0 aromatic carbocycles. The normalized spacial score (nSPS) is 11.6. The summed E-state index contributed by atoms with van der Waals surface area (Å²) >= 11 is 0. The lowest BCUT2D eigenvalue weighted by atomic mass is 9.89. The standard InChI is InChI=1S/C14H21N3O2/c1-6-7-17(10-12(18)19)9-11-8-16(5)15-13(11)14(2,3)4/h1,8H,7,9-10H2,2-5H3,(H,18,19). The molecule has 0 aliphatic heterocycles. The van der Waals surface area contributed by atoms with Crippen molar-refractivity contribution in [3.8, 4) is 12.3 Å². The van der Waals surface area contributed by atoms with Crippen LogP contribution < -0.4 is 0 Å². The summed E-state index contributed by atoms with van der Waals surface area (Å²) in [4.78, 5) is 12.5. The number of aliphatic carboxylic acids is 1. The van der Waals surface area contributed by atoms with E-state index >= 15 is 0 Å². The molecule has 0 atom stereocenters. The lowest BCUT2D eigenvalue weighted by molar-refractivity contribution is -0.138. The number of carboxylic acids is 1. The van der Waals surface area contributed by atoms with E-state index in [0.717, 1.165) is 11.3 Å². The van der Waals surface area contributed by atoms with Crippen molar-refractivity contribution in [2.24, 2.45) is 7.05 Å². The van der Waals surface area contributed by atoms with Gasteiger partial charge in [-0.05, 0) is 0 Å². The van der Waals surface area contributed by atoms with Crippen LogP contribution in [0.3, 0.4) is 0 Å². The van der Waals surface area contributed by atoms with Crippen molar-refractivity contribution in [2.75, 3.05) is 13.1 Å².